The Morgan fingerprint density at radius 3 is 2.88 bits per heavy atom. The number of aromatic nitrogens is 3. The normalized spacial score (nSPS) is 10.7. The first-order valence-corrected chi connectivity index (χ1v) is 8.51. The van der Waals surface area contributed by atoms with Crippen LogP contribution in [-0.4, -0.2) is 32.3 Å². The SMILES string of the molecule is CCCN(Cc1cccc(-c2ccc(C(=O)O)s2)n1)n1ccnc1. The zero-order valence-electron chi connectivity index (χ0n) is 13.3. The number of imidazole rings is 1. The molecule has 0 spiro atoms. The Hall–Kier alpha value is -2.67. The van der Waals surface area contributed by atoms with Crippen molar-refractivity contribution >= 4 is 17.3 Å². The minimum absolute atomic E-state index is 0.322. The van der Waals surface area contributed by atoms with E-state index in [0.29, 0.717) is 11.4 Å². The molecule has 0 saturated carbocycles. The first-order valence-electron chi connectivity index (χ1n) is 7.70. The Kier molecular flexibility index (Phi) is 4.90. The summed E-state index contributed by atoms with van der Waals surface area (Å²) in [5.74, 6) is -0.906. The predicted octanol–water partition coefficient (Wildman–Crippen LogP) is 3.25. The molecule has 0 bridgehead atoms. The molecule has 7 heteroatoms. The average molecular weight is 342 g/mol. The van der Waals surface area contributed by atoms with Crippen molar-refractivity contribution in [3.8, 4) is 10.6 Å². The predicted molar refractivity (Wildman–Crippen MR) is 93.8 cm³/mol. The Morgan fingerprint density at radius 2 is 2.21 bits per heavy atom. The van der Waals surface area contributed by atoms with Gasteiger partial charge in [0.1, 0.15) is 11.2 Å². The molecule has 0 aliphatic rings. The Labute approximate surface area is 144 Å². The molecule has 124 valence electrons. The highest BCUT2D eigenvalue weighted by molar-refractivity contribution is 7.17. The van der Waals surface area contributed by atoms with E-state index in [-0.39, 0.29) is 0 Å². The lowest BCUT2D eigenvalue weighted by Crippen LogP contribution is -2.34. The van der Waals surface area contributed by atoms with Gasteiger partial charge in [0.05, 0.1) is 22.8 Å². The van der Waals surface area contributed by atoms with Gasteiger partial charge in [-0.15, -0.1) is 11.3 Å². The fourth-order valence-electron chi connectivity index (χ4n) is 2.44. The zero-order valence-corrected chi connectivity index (χ0v) is 14.1. The molecule has 0 radical (unpaired) electrons. The quantitative estimate of drug-likeness (QED) is 0.713. The molecule has 24 heavy (non-hydrogen) atoms. The number of thiophene rings is 1. The number of carbonyl (C=O) groups is 1. The maximum atomic E-state index is 11.0. The third-order valence-electron chi connectivity index (χ3n) is 3.52. The van der Waals surface area contributed by atoms with E-state index in [1.807, 2.05) is 29.1 Å². The number of hydrogen-bond acceptors (Lipinski definition) is 5. The first kappa shape index (κ1) is 16.2. The zero-order chi connectivity index (χ0) is 16.9. The number of rotatable bonds is 7. The van der Waals surface area contributed by atoms with Crippen molar-refractivity contribution in [1.82, 2.24) is 14.6 Å². The first-order chi connectivity index (χ1) is 11.7. The van der Waals surface area contributed by atoms with Crippen LogP contribution in [0.1, 0.15) is 28.7 Å². The molecule has 0 saturated heterocycles. The van der Waals surface area contributed by atoms with Gasteiger partial charge < -0.3 is 10.1 Å². The monoisotopic (exact) mass is 342 g/mol. The summed E-state index contributed by atoms with van der Waals surface area (Å²) in [4.78, 5) is 21.0. The molecular formula is C17H18N4O2S. The fourth-order valence-corrected chi connectivity index (χ4v) is 3.25. The summed E-state index contributed by atoms with van der Waals surface area (Å²) in [6, 6.07) is 9.26. The molecule has 6 nitrogen and oxygen atoms in total. The van der Waals surface area contributed by atoms with Crippen molar-refractivity contribution < 1.29 is 9.90 Å². The second kappa shape index (κ2) is 7.27. The van der Waals surface area contributed by atoms with Gasteiger partial charge in [-0.25, -0.2) is 9.78 Å². The van der Waals surface area contributed by atoms with Crippen LogP contribution in [0.15, 0.2) is 49.1 Å². The molecule has 0 aliphatic heterocycles. The van der Waals surface area contributed by atoms with E-state index < -0.39 is 5.97 Å². The minimum Gasteiger partial charge on any atom is -0.477 e. The largest absolute Gasteiger partial charge is 0.477 e. The lowest BCUT2D eigenvalue weighted by molar-refractivity contribution is 0.0702. The van der Waals surface area contributed by atoms with Crippen LogP contribution >= 0.6 is 11.3 Å². The van der Waals surface area contributed by atoms with Crippen LogP contribution in [0.25, 0.3) is 10.6 Å². The van der Waals surface area contributed by atoms with Crippen LogP contribution < -0.4 is 5.01 Å². The van der Waals surface area contributed by atoms with Crippen LogP contribution in [-0.2, 0) is 6.54 Å². The Balaban J connectivity index is 1.82. The van der Waals surface area contributed by atoms with Crippen molar-refractivity contribution in [3.63, 3.8) is 0 Å². The number of carboxylic acid groups (broad SMARTS) is 1. The maximum absolute atomic E-state index is 11.0. The van der Waals surface area contributed by atoms with Gasteiger partial charge in [0.15, 0.2) is 0 Å². The highest BCUT2D eigenvalue weighted by Crippen LogP contribution is 2.26. The maximum Gasteiger partial charge on any atom is 0.345 e. The number of carboxylic acids is 1. The smallest absolute Gasteiger partial charge is 0.345 e. The fraction of sp³-hybridized carbons (Fsp3) is 0.235. The lowest BCUT2D eigenvalue weighted by atomic mass is 10.2. The van der Waals surface area contributed by atoms with Gasteiger partial charge in [-0.1, -0.05) is 13.0 Å². The summed E-state index contributed by atoms with van der Waals surface area (Å²) in [5, 5.41) is 11.2. The standard InChI is InChI=1S/C17H18N4O2S/c1-2-9-20(21-10-8-18-12-21)11-13-4-3-5-14(19-13)15-6-7-16(24-15)17(22)23/h3-8,10,12H,2,9,11H2,1H3,(H,22,23). The van der Waals surface area contributed by atoms with Gasteiger partial charge >= 0.3 is 5.97 Å². The molecule has 1 N–H and O–H groups in total. The van der Waals surface area contributed by atoms with Gasteiger partial charge in [-0.2, -0.15) is 0 Å². The minimum atomic E-state index is -0.906. The molecule has 3 rings (SSSR count). The number of hydrogen-bond donors (Lipinski definition) is 1. The summed E-state index contributed by atoms with van der Waals surface area (Å²) in [6.45, 7) is 3.69. The van der Waals surface area contributed by atoms with E-state index in [2.05, 4.69) is 21.9 Å². The van der Waals surface area contributed by atoms with Gasteiger partial charge in [-0.3, -0.25) is 9.66 Å². The van der Waals surface area contributed by atoms with Crippen LogP contribution in [0.4, 0.5) is 0 Å². The number of aromatic carboxylic acids is 1. The third-order valence-corrected chi connectivity index (χ3v) is 4.62. The van der Waals surface area contributed by atoms with Gasteiger partial charge in [0.25, 0.3) is 0 Å². The van der Waals surface area contributed by atoms with Crippen molar-refractivity contribution in [2.24, 2.45) is 0 Å². The van der Waals surface area contributed by atoms with E-state index in [0.717, 1.165) is 29.2 Å². The molecule has 0 unspecified atom stereocenters. The van der Waals surface area contributed by atoms with Crippen molar-refractivity contribution in [1.29, 1.82) is 0 Å². The van der Waals surface area contributed by atoms with Crippen LogP contribution in [0.2, 0.25) is 0 Å². The summed E-state index contributed by atoms with van der Waals surface area (Å²) in [7, 11) is 0. The highest BCUT2D eigenvalue weighted by Gasteiger charge is 2.11. The summed E-state index contributed by atoms with van der Waals surface area (Å²) >= 11 is 1.24. The molecule has 3 heterocycles. The Bertz CT molecular complexity index is 814. The highest BCUT2D eigenvalue weighted by atomic mass is 32.1. The van der Waals surface area contributed by atoms with Crippen molar-refractivity contribution in [2.45, 2.75) is 19.9 Å². The second-order valence-corrected chi connectivity index (χ2v) is 6.40. The van der Waals surface area contributed by atoms with Crippen LogP contribution in [0.5, 0.6) is 0 Å². The van der Waals surface area contributed by atoms with Gasteiger partial charge in [0, 0.05) is 18.9 Å². The molecule has 0 amide bonds. The lowest BCUT2D eigenvalue weighted by Gasteiger charge is -2.24. The van der Waals surface area contributed by atoms with E-state index in [4.69, 9.17) is 5.11 Å². The molecule has 3 aromatic heterocycles. The molecule has 0 atom stereocenters. The molecule has 0 aliphatic carbocycles. The Morgan fingerprint density at radius 1 is 1.33 bits per heavy atom. The van der Waals surface area contributed by atoms with E-state index >= 15 is 0 Å². The summed E-state index contributed by atoms with van der Waals surface area (Å²) in [6.07, 6.45) is 6.46. The molecular weight excluding hydrogens is 324 g/mol. The van der Waals surface area contributed by atoms with Crippen LogP contribution in [0, 0.1) is 0 Å². The second-order valence-electron chi connectivity index (χ2n) is 5.31. The van der Waals surface area contributed by atoms with Crippen LogP contribution in [0.3, 0.4) is 0 Å². The third kappa shape index (κ3) is 3.62. The van der Waals surface area contributed by atoms with Crippen molar-refractivity contribution in [2.75, 3.05) is 11.6 Å². The van der Waals surface area contributed by atoms with E-state index in [1.165, 1.54) is 11.3 Å². The molecule has 0 aromatic carbocycles. The average Bonchev–Trinajstić information content (AvgIpc) is 3.27. The van der Waals surface area contributed by atoms with E-state index in [9.17, 15) is 4.79 Å². The summed E-state index contributed by atoms with van der Waals surface area (Å²) in [5.41, 5.74) is 1.73. The topological polar surface area (TPSA) is 71.2 Å². The summed E-state index contributed by atoms with van der Waals surface area (Å²) < 4.78 is 1.96. The van der Waals surface area contributed by atoms with Crippen molar-refractivity contribution in [3.05, 3.63) is 59.6 Å². The number of pyridine rings is 1. The molecule has 0 fully saturated rings. The molecule has 3 aromatic rings. The van der Waals surface area contributed by atoms with E-state index in [1.54, 1.807) is 24.7 Å². The van der Waals surface area contributed by atoms with Gasteiger partial charge in [-0.05, 0) is 30.7 Å². The number of nitrogens with zero attached hydrogens (tertiary/aromatic N) is 4. The van der Waals surface area contributed by atoms with Gasteiger partial charge in [0.2, 0.25) is 0 Å².